The van der Waals surface area contributed by atoms with Crippen molar-refractivity contribution in [3.8, 4) is 0 Å². The first-order valence-electron chi connectivity index (χ1n) is 12.8. The molecule has 0 spiro atoms. The van der Waals surface area contributed by atoms with Gasteiger partial charge in [0.05, 0.1) is 5.56 Å². The summed E-state index contributed by atoms with van der Waals surface area (Å²) in [4.78, 5) is 38.8. The molecule has 7 heteroatoms. The van der Waals surface area contributed by atoms with Crippen molar-refractivity contribution in [2.24, 2.45) is 0 Å². The summed E-state index contributed by atoms with van der Waals surface area (Å²) < 4.78 is 0. The fourth-order valence-corrected chi connectivity index (χ4v) is 4.90. The molecule has 3 aromatic rings. The molecule has 0 aliphatic carbocycles. The Morgan fingerprint density at radius 3 is 1.92 bits per heavy atom. The zero-order valence-electron chi connectivity index (χ0n) is 20.6. The third-order valence-corrected chi connectivity index (χ3v) is 7.14. The molecule has 0 saturated carbocycles. The van der Waals surface area contributed by atoms with Gasteiger partial charge in [-0.15, -0.1) is 0 Å². The minimum absolute atomic E-state index is 0.0266. The standard InChI is InChI=1S/C29H33N5O2/c35-28(33-21-19-32(20-22-33)26-9-5-2-6-10-26)25-11-12-27(30-23-25)29(36)34-17-15-31(16-18-34)14-13-24-7-3-1-4-8-24/h1-12,23H,13-22H2. The first kappa shape index (κ1) is 24.0. The maximum Gasteiger partial charge on any atom is 0.272 e. The lowest BCUT2D eigenvalue weighted by Gasteiger charge is -2.36. The van der Waals surface area contributed by atoms with E-state index in [1.165, 1.54) is 11.3 Å². The third kappa shape index (κ3) is 5.74. The highest BCUT2D eigenvalue weighted by Crippen LogP contribution is 2.17. The molecular formula is C29H33N5O2. The molecule has 2 aliphatic heterocycles. The molecule has 0 N–H and O–H groups in total. The second-order valence-electron chi connectivity index (χ2n) is 9.42. The molecule has 36 heavy (non-hydrogen) atoms. The van der Waals surface area contributed by atoms with Crippen LogP contribution < -0.4 is 4.90 Å². The predicted octanol–water partition coefficient (Wildman–Crippen LogP) is 3.04. The van der Waals surface area contributed by atoms with Gasteiger partial charge in [-0.2, -0.15) is 0 Å². The normalized spacial score (nSPS) is 16.7. The van der Waals surface area contributed by atoms with Gasteiger partial charge in [-0.3, -0.25) is 19.5 Å². The smallest absolute Gasteiger partial charge is 0.272 e. The van der Waals surface area contributed by atoms with E-state index >= 15 is 0 Å². The maximum atomic E-state index is 13.0. The van der Waals surface area contributed by atoms with Crippen molar-refractivity contribution in [3.63, 3.8) is 0 Å². The number of hydrogen-bond acceptors (Lipinski definition) is 5. The lowest BCUT2D eigenvalue weighted by atomic mass is 10.1. The summed E-state index contributed by atoms with van der Waals surface area (Å²) in [7, 11) is 0. The van der Waals surface area contributed by atoms with Crippen LogP contribution in [0.5, 0.6) is 0 Å². The number of pyridine rings is 1. The summed E-state index contributed by atoms with van der Waals surface area (Å²) in [5, 5.41) is 0. The van der Waals surface area contributed by atoms with Crippen molar-refractivity contribution in [3.05, 3.63) is 95.8 Å². The molecule has 2 aromatic carbocycles. The van der Waals surface area contributed by atoms with Gasteiger partial charge in [0, 0.05) is 70.8 Å². The van der Waals surface area contributed by atoms with Crippen molar-refractivity contribution in [2.75, 3.05) is 63.8 Å². The predicted molar refractivity (Wildman–Crippen MR) is 141 cm³/mol. The van der Waals surface area contributed by atoms with E-state index in [1.54, 1.807) is 18.3 Å². The minimum Gasteiger partial charge on any atom is -0.368 e. The third-order valence-electron chi connectivity index (χ3n) is 7.14. The molecule has 186 valence electrons. The highest BCUT2D eigenvalue weighted by atomic mass is 16.2. The topological polar surface area (TPSA) is 60.0 Å². The molecule has 1 aromatic heterocycles. The Hall–Kier alpha value is -3.71. The summed E-state index contributed by atoms with van der Waals surface area (Å²) in [5.41, 5.74) is 3.46. The molecule has 0 unspecified atom stereocenters. The molecule has 2 amide bonds. The van der Waals surface area contributed by atoms with E-state index in [-0.39, 0.29) is 11.8 Å². The molecule has 2 saturated heterocycles. The zero-order chi connectivity index (χ0) is 24.7. The van der Waals surface area contributed by atoms with Gasteiger partial charge in [0.1, 0.15) is 5.69 Å². The number of benzene rings is 2. The summed E-state index contributed by atoms with van der Waals surface area (Å²) in [6, 6.07) is 24.2. The van der Waals surface area contributed by atoms with Gasteiger partial charge in [0.25, 0.3) is 11.8 Å². The van der Waals surface area contributed by atoms with Crippen LogP contribution in [-0.4, -0.2) is 90.4 Å². The molecule has 0 bridgehead atoms. The average molecular weight is 484 g/mol. The van der Waals surface area contributed by atoms with Gasteiger partial charge in [0.15, 0.2) is 0 Å². The molecule has 2 fully saturated rings. The molecule has 0 atom stereocenters. The Kier molecular flexibility index (Phi) is 7.57. The fraction of sp³-hybridized carbons (Fsp3) is 0.345. The molecule has 7 nitrogen and oxygen atoms in total. The Morgan fingerprint density at radius 1 is 0.667 bits per heavy atom. The first-order valence-corrected chi connectivity index (χ1v) is 12.8. The van der Waals surface area contributed by atoms with Gasteiger partial charge in [-0.1, -0.05) is 48.5 Å². The van der Waals surface area contributed by atoms with Crippen molar-refractivity contribution < 1.29 is 9.59 Å². The van der Waals surface area contributed by atoms with Crippen LogP contribution in [0.25, 0.3) is 0 Å². The van der Waals surface area contributed by atoms with Crippen LogP contribution in [-0.2, 0) is 6.42 Å². The Morgan fingerprint density at radius 2 is 1.28 bits per heavy atom. The number of hydrogen-bond donors (Lipinski definition) is 0. The van der Waals surface area contributed by atoms with Crippen molar-refractivity contribution in [1.82, 2.24) is 19.7 Å². The summed E-state index contributed by atoms with van der Waals surface area (Å²) in [5.74, 6) is -0.0885. The van der Waals surface area contributed by atoms with E-state index in [2.05, 4.69) is 51.2 Å². The Bertz CT molecular complexity index is 1140. The number of nitrogens with zero attached hydrogens (tertiary/aromatic N) is 5. The number of anilines is 1. The Balaban J connectivity index is 1.09. The highest BCUT2D eigenvalue weighted by molar-refractivity contribution is 5.96. The van der Waals surface area contributed by atoms with Crippen molar-refractivity contribution in [1.29, 1.82) is 0 Å². The van der Waals surface area contributed by atoms with E-state index in [1.807, 2.05) is 34.1 Å². The maximum absolute atomic E-state index is 13.0. The fourth-order valence-electron chi connectivity index (χ4n) is 4.90. The Labute approximate surface area is 212 Å². The number of para-hydroxylation sites is 1. The van der Waals surface area contributed by atoms with Crippen LogP contribution in [0.1, 0.15) is 26.4 Å². The van der Waals surface area contributed by atoms with E-state index in [4.69, 9.17) is 0 Å². The van der Waals surface area contributed by atoms with Crippen LogP contribution in [0.2, 0.25) is 0 Å². The number of carbonyl (C=O) groups is 2. The zero-order valence-corrected chi connectivity index (χ0v) is 20.6. The van der Waals surface area contributed by atoms with Crippen LogP contribution >= 0.6 is 0 Å². The average Bonchev–Trinajstić information content (AvgIpc) is 2.97. The van der Waals surface area contributed by atoms with Crippen LogP contribution in [0, 0.1) is 0 Å². The molecule has 3 heterocycles. The monoisotopic (exact) mass is 483 g/mol. The van der Waals surface area contributed by atoms with Gasteiger partial charge < -0.3 is 14.7 Å². The van der Waals surface area contributed by atoms with E-state index in [9.17, 15) is 9.59 Å². The number of amides is 2. The second-order valence-corrected chi connectivity index (χ2v) is 9.42. The largest absolute Gasteiger partial charge is 0.368 e. The van der Waals surface area contributed by atoms with Crippen LogP contribution in [0.3, 0.4) is 0 Å². The second kappa shape index (κ2) is 11.4. The van der Waals surface area contributed by atoms with E-state index < -0.39 is 0 Å². The quantitative estimate of drug-likeness (QED) is 0.540. The SMILES string of the molecule is O=C(c1ccc(C(=O)N2CCN(CCc3ccccc3)CC2)nc1)N1CCN(c2ccccc2)CC1. The number of aromatic nitrogens is 1. The van der Waals surface area contributed by atoms with Crippen LogP contribution in [0.15, 0.2) is 79.0 Å². The van der Waals surface area contributed by atoms with Crippen molar-refractivity contribution in [2.45, 2.75) is 6.42 Å². The van der Waals surface area contributed by atoms with Gasteiger partial charge in [-0.25, -0.2) is 0 Å². The van der Waals surface area contributed by atoms with Crippen LogP contribution in [0.4, 0.5) is 5.69 Å². The summed E-state index contributed by atoms with van der Waals surface area (Å²) >= 11 is 0. The lowest BCUT2D eigenvalue weighted by Crippen LogP contribution is -2.49. The highest BCUT2D eigenvalue weighted by Gasteiger charge is 2.25. The molecule has 2 aliphatic rings. The van der Waals surface area contributed by atoms with Gasteiger partial charge >= 0.3 is 0 Å². The van der Waals surface area contributed by atoms with E-state index in [0.717, 1.165) is 39.1 Å². The number of rotatable bonds is 6. The molecular weight excluding hydrogens is 450 g/mol. The van der Waals surface area contributed by atoms with E-state index in [0.29, 0.717) is 37.4 Å². The molecule has 0 radical (unpaired) electrons. The lowest BCUT2D eigenvalue weighted by molar-refractivity contribution is 0.0631. The number of carbonyl (C=O) groups excluding carboxylic acids is 2. The summed E-state index contributed by atoms with van der Waals surface area (Å²) in [6.07, 6.45) is 2.57. The van der Waals surface area contributed by atoms with Gasteiger partial charge in [0.2, 0.25) is 0 Å². The van der Waals surface area contributed by atoms with Crippen molar-refractivity contribution >= 4 is 17.5 Å². The molecule has 5 rings (SSSR count). The minimum atomic E-state index is -0.0619. The number of piperazine rings is 2. The first-order chi connectivity index (χ1) is 17.7. The van der Waals surface area contributed by atoms with Gasteiger partial charge in [-0.05, 0) is 36.2 Å². The summed E-state index contributed by atoms with van der Waals surface area (Å²) in [6.45, 7) is 7.07.